The lowest BCUT2D eigenvalue weighted by Gasteiger charge is -2.18. The molecule has 3 aromatic carbocycles. The van der Waals surface area contributed by atoms with E-state index in [1.165, 1.54) is 13.1 Å². The van der Waals surface area contributed by atoms with Crippen LogP contribution in [0, 0.1) is 5.82 Å². The van der Waals surface area contributed by atoms with Crippen molar-refractivity contribution in [3.63, 3.8) is 0 Å². The number of rotatable bonds is 7. The van der Waals surface area contributed by atoms with Gasteiger partial charge in [0.1, 0.15) is 11.9 Å². The van der Waals surface area contributed by atoms with Crippen molar-refractivity contribution in [2.24, 2.45) is 0 Å². The summed E-state index contributed by atoms with van der Waals surface area (Å²) >= 11 is 0. The Labute approximate surface area is 163 Å². The molecule has 3 aromatic rings. The van der Waals surface area contributed by atoms with Crippen molar-refractivity contribution in [1.29, 1.82) is 0 Å². The normalized spacial score (nSPS) is 11.8. The summed E-state index contributed by atoms with van der Waals surface area (Å²) in [6.07, 6.45) is 0.925. The van der Waals surface area contributed by atoms with Crippen LogP contribution in [0.25, 0.3) is 10.8 Å². The quantitative estimate of drug-likeness (QED) is 0.662. The third kappa shape index (κ3) is 4.94. The number of nitrogens with one attached hydrogen (secondary N) is 2. The van der Waals surface area contributed by atoms with Crippen molar-refractivity contribution < 1.29 is 14.0 Å². The van der Waals surface area contributed by atoms with Gasteiger partial charge in [0.15, 0.2) is 0 Å². The number of benzene rings is 3. The molecule has 0 spiro atoms. The van der Waals surface area contributed by atoms with Crippen LogP contribution in [0.2, 0.25) is 0 Å². The molecule has 3 rings (SSSR count). The number of amides is 2. The monoisotopic (exact) mass is 378 g/mol. The second kappa shape index (κ2) is 9.13. The zero-order valence-electron chi connectivity index (χ0n) is 15.7. The van der Waals surface area contributed by atoms with E-state index in [9.17, 15) is 14.0 Å². The van der Waals surface area contributed by atoms with E-state index in [1.54, 1.807) is 18.2 Å². The Bertz CT molecular complexity index is 987. The number of hydrogen-bond acceptors (Lipinski definition) is 2. The number of fused-ring (bicyclic) bond motifs is 1. The van der Waals surface area contributed by atoms with E-state index < -0.39 is 6.04 Å². The molecule has 1 unspecified atom stereocenters. The molecular formula is C23H23FN2O2. The Hall–Kier alpha value is -3.21. The maximum atomic E-state index is 13.9. The van der Waals surface area contributed by atoms with Crippen molar-refractivity contribution in [3.8, 4) is 0 Å². The van der Waals surface area contributed by atoms with Gasteiger partial charge in [-0.25, -0.2) is 4.39 Å². The fraction of sp³-hybridized carbons (Fsp3) is 0.217. The van der Waals surface area contributed by atoms with Crippen LogP contribution < -0.4 is 10.6 Å². The minimum Gasteiger partial charge on any atom is -0.357 e. The minimum absolute atomic E-state index is 0.105. The molecule has 0 heterocycles. The number of carbonyl (C=O) groups is 2. The molecule has 2 amide bonds. The summed E-state index contributed by atoms with van der Waals surface area (Å²) in [5, 5.41) is 7.54. The Morgan fingerprint density at radius 3 is 2.43 bits per heavy atom. The summed E-state index contributed by atoms with van der Waals surface area (Å²) in [6.45, 7) is 0. The van der Waals surface area contributed by atoms with Gasteiger partial charge in [-0.05, 0) is 34.4 Å². The van der Waals surface area contributed by atoms with Gasteiger partial charge in [0.05, 0.1) is 0 Å². The highest BCUT2D eigenvalue weighted by Gasteiger charge is 2.21. The zero-order valence-corrected chi connectivity index (χ0v) is 15.7. The van der Waals surface area contributed by atoms with E-state index >= 15 is 0 Å². The van der Waals surface area contributed by atoms with Crippen LogP contribution >= 0.6 is 0 Å². The molecule has 5 heteroatoms. The van der Waals surface area contributed by atoms with Gasteiger partial charge in [0, 0.05) is 19.9 Å². The number of carbonyl (C=O) groups excluding carboxylic acids is 2. The smallest absolute Gasteiger partial charge is 0.242 e. The molecule has 0 saturated heterocycles. The van der Waals surface area contributed by atoms with Gasteiger partial charge in [-0.15, -0.1) is 0 Å². The average Bonchev–Trinajstić information content (AvgIpc) is 2.72. The lowest BCUT2D eigenvalue weighted by atomic mass is 10.0. The molecule has 0 aliphatic carbocycles. The van der Waals surface area contributed by atoms with Gasteiger partial charge < -0.3 is 10.6 Å². The standard InChI is InChI=1S/C23H23FN2O2/c1-25-23(28)21(15-19-8-4-5-9-20(19)24)26-22(27)13-11-16-10-12-17-6-2-3-7-18(17)14-16/h2-10,12,14,21H,11,13,15H2,1H3,(H,25,28)(H,26,27). The van der Waals surface area contributed by atoms with Gasteiger partial charge in [-0.1, -0.05) is 60.7 Å². The first kappa shape index (κ1) is 19.5. The number of halogens is 1. The number of hydrogen-bond donors (Lipinski definition) is 2. The summed E-state index contributed by atoms with van der Waals surface area (Å²) in [5.74, 6) is -0.970. The highest BCUT2D eigenvalue weighted by molar-refractivity contribution is 5.88. The third-order valence-electron chi connectivity index (χ3n) is 4.73. The van der Waals surface area contributed by atoms with Crippen LogP contribution in [-0.2, 0) is 22.4 Å². The molecule has 0 bridgehead atoms. The fourth-order valence-corrected chi connectivity index (χ4v) is 3.19. The number of aryl methyl sites for hydroxylation is 1. The van der Waals surface area contributed by atoms with E-state index in [2.05, 4.69) is 16.7 Å². The third-order valence-corrected chi connectivity index (χ3v) is 4.73. The van der Waals surface area contributed by atoms with E-state index in [0.29, 0.717) is 12.0 Å². The molecule has 2 N–H and O–H groups in total. The van der Waals surface area contributed by atoms with Gasteiger partial charge in [-0.3, -0.25) is 9.59 Å². The van der Waals surface area contributed by atoms with Crippen molar-refractivity contribution in [2.45, 2.75) is 25.3 Å². The van der Waals surface area contributed by atoms with Crippen molar-refractivity contribution in [3.05, 3.63) is 83.7 Å². The van der Waals surface area contributed by atoms with E-state index in [1.807, 2.05) is 36.4 Å². The summed E-state index contributed by atoms with van der Waals surface area (Å²) in [7, 11) is 1.50. The largest absolute Gasteiger partial charge is 0.357 e. The summed E-state index contributed by atoms with van der Waals surface area (Å²) in [6, 6.07) is 19.6. The summed E-state index contributed by atoms with van der Waals surface area (Å²) in [4.78, 5) is 24.5. The van der Waals surface area contributed by atoms with E-state index in [4.69, 9.17) is 0 Å². The topological polar surface area (TPSA) is 58.2 Å². The molecule has 4 nitrogen and oxygen atoms in total. The summed E-state index contributed by atoms with van der Waals surface area (Å²) < 4.78 is 13.9. The highest BCUT2D eigenvalue weighted by atomic mass is 19.1. The molecule has 144 valence electrons. The van der Waals surface area contributed by atoms with Gasteiger partial charge in [0.2, 0.25) is 11.8 Å². The molecule has 28 heavy (non-hydrogen) atoms. The first-order valence-electron chi connectivity index (χ1n) is 9.29. The Morgan fingerprint density at radius 1 is 0.964 bits per heavy atom. The second-order valence-corrected chi connectivity index (χ2v) is 6.71. The van der Waals surface area contributed by atoms with Crippen LogP contribution in [0.15, 0.2) is 66.7 Å². The molecule has 1 atom stereocenters. The van der Waals surface area contributed by atoms with Gasteiger partial charge in [-0.2, -0.15) is 0 Å². The highest BCUT2D eigenvalue weighted by Crippen LogP contribution is 2.16. The second-order valence-electron chi connectivity index (χ2n) is 6.71. The van der Waals surface area contributed by atoms with Crippen molar-refractivity contribution in [1.82, 2.24) is 10.6 Å². The Morgan fingerprint density at radius 2 is 1.68 bits per heavy atom. The predicted octanol–water partition coefficient (Wildman–Crippen LogP) is 3.39. The first-order valence-corrected chi connectivity index (χ1v) is 9.29. The molecule has 0 aromatic heterocycles. The van der Waals surface area contributed by atoms with Gasteiger partial charge in [0.25, 0.3) is 0 Å². The van der Waals surface area contributed by atoms with Crippen LogP contribution in [0.4, 0.5) is 4.39 Å². The Balaban J connectivity index is 1.62. The SMILES string of the molecule is CNC(=O)C(Cc1ccccc1F)NC(=O)CCc1ccc2ccccc2c1. The van der Waals surface area contributed by atoms with Crippen LogP contribution in [0.3, 0.4) is 0 Å². The van der Waals surface area contributed by atoms with Crippen molar-refractivity contribution >= 4 is 22.6 Å². The lowest BCUT2D eigenvalue weighted by Crippen LogP contribution is -2.47. The molecule has 0 saturated carbocycles. The predicted molar refractivity (Wildman–Crippen MR) is 108 cm³/mol. The van der Waals surface area contributed by atoms with Crippen LogP contribution in [-0.4, -0.2) is 24.9 Å². The van der Waals surface area contributed by atoms with Crippen molar-refractivity contribution in [2.75, 3.05) is 7.05 Å². The fourth-order valence-electron chi connectivity index (χ4n) is 3.19. The van der Waals surface area contributed by atoms with Gasteiger partial charge >= 0.3 is 0 Å². The van der Waals surface area contributed by atoms with Crippen LogP contribution in [0.1, 0.15) is 17.5 Å². The maximum Gasteiger partial charge on any atom is 0.242 e. The molecule has 0 radical (unpaired) electrons. The molecule has 0 fully saturated rings. The van der Waals surface area contributed by atoms with E-state index in [-0.39, 0.29) is 30.5 Å². The zero-order chi connectivity index (χ0) is 19.9. The number of likely N-dealkylation sites (N-methyl/N-ethyl adjacent to an activating group) is 1. The first-order chi connectivity index (χ1) is 13.6. The minimum atomic E-state index is -0.814. The van der Waals surface area contributed by atoms with Crippen LogP contribution in [0.5, 0.6) is 0 Å². The lowest BCUT2D eigenvalue weighted by molar-refractivity contribution is -0.128. The maximum absolute atomic E-state index is 13.9. The molecule has 0 aliphatic heterocycles. The molecule has 0 aliphatic rings. The average molecular weight is 378 g/mol. The van der Waals surface area contributed by atoms with E-state index in [0.717, 1.165) is 16.3 Å². The Kier molecular flexibility index (Phi) is 6.37. The molecular weight excluding hydrogens is 355 g/mol. The summed E-state index contributed by atoms with van der Waals surface area (Å²) in [5.41, 5.74) is 1.45.